The Balaban J connectivity index is 0. The van der Waals surface area contributed by atoms with Crippen LogP contribution in [0.5, 0.6) is 0 Å². The molecule has 0 aromatic heterocycles. The van der Waals surface area contributed by atoms with Crippen LogP contribution in [0.4, 0.5) is 0 Å². The van der Waals surface area contributed by atoms with E-state index in [0.717, 1.165) is 0 Å². The molecule has 0 aliphatic rings. The van der Waals surface area contributed by atoms with Gasteiger partial charge in [0.1, 0.15) is 0 Å². The van der Waals surface area contributed by atoms with Gasteiger partial charge in [0, 0.05) is 34.8 Å². The van der Waals surface area contributed by atoms with Crippen molar-refractivity contribution in [1.29, 1.82) is 0 Å². The van der Waals surface area contributed by atoms with Gasteiger partial charge in [-0.2, -0.15) is 0 Å². The third kappa shape index (κ3) is 29.4. The van der Waals surface area contributed by atoms with Crippen LogP contribution in [0.3, 0.4) is 0 Å². The quantitative estimate of drug-likeness (QED) is 0.176. The maximum Gasteiger partial charge on any atom is 0.0468 e. The smallest absolute Gasteiger partial charge is 0.0468 e. The van der Waals surface area contributed by atoms with E-state index in [2.05, 4.69) is 5.84 Å². The first-order chi connectivity index (χ1) is 1.41. The molecule has 2 N–H and O–H groups in total. The molecule has 0 rings (SSSR count). The summed E-state index contributed by atoms with van der Waals surface area (Å²) in [6, 6.07) is 0. The second-order valence-corrected chi connectivity index (χ2v) is 0.105. The maximum absolute atomic E-state index is 8.33. The summed E-state index contributed by atoms with van der Waals surface area (Å²) in [6.45, 7) is 0. The summed E-state index contributed by atoms with van der Waals surface area (Å²) in [5, 5.41) is 1.75. The number of hydrogen-bond donors (Lipinski definition) is 1. The Bertz CT molecular complexity index is 13.5. The van der Waals surface area contributed by atoms with E-state index in [1.54, 1.807) is 5.29 Å². The monoisotopic (exact) mass is 69.0 g/mol. The van der Waals surface area contributed by atoms with Crippen LogP contribution < -0.4 is 5.84 Å². The SMILES string of the molecule is NN=O.[Na]. The summed E-state index contributed by atoms with van der Waals surface area (Å²) in [6.07, 6.45) is 0. The van der Waals surface area contributed by atoms with E-state index >= 15 is 0 Å². The Labute approximate surface area is 45.8 Å². The van der Waals surface area contributed by atoms with Gasteiger partial charge in [-0.15, -0.1) is 4.91 Å². The largest absolute Gasteiger partial charge is 0.287 e. The first-order valence-electron chi connectivity index (χ1n) is 0.441. The molecule has 0 unspecified atom stereocenters. The Morgan fingerprint density at radius 3 is 1.75 bits per heavy atom. The molecule has 0 aromatic rings. The predicted octanol–water partition coefficient (Wildman–Crippen LogP) is -0.754. The molecule has 0 amide bonds. The van der Waals surface area contributed by atoms with Crippen molar-refractivity contribution in [2.75, 3.05) is 0 Å². The molecule has 0 saturated heterocycles. The number of nitrogens with two attached hydrogens (primary N) is 1. The predicted molar refractivity (Wildman–Crippen MR) is 15.7 cm³/mol. The van der Waals surface area contributed by atoms with E-state index in [-0.39, 0.29) is 29.6 Å². The summed E-state index contributed by atoms with van der Waals surface area (Å²) in [4.78, 5) is 8.33. The van der Waals surface area contributed by atoms with Crippen molar-refractivity contribution in [3.05, 3.63) is 4.91 Å². The molecule has 0 aliphatic heterocycles. The number of nitroso groups, excluding NO2 is 1. The first-order valence-corrected chi connectivity index (χ1v) is 0.441. The van der Waals surface area contributed by atoms with Gasteiger partial charge in [-0.05, 0) is 0 Å². The van der Waals surface area contributed by atoms with Crippen molar-refractivity contribution in [1.82, 2.24) is 0 Å². The topological polar surface area (TPSA) is 55.4 Å². The number of hydrogen-bond acceptors (Lipinski definition) is 2. The molecule has 0 saturated carbocycles. The minimum atomic E-state index is 0. The zero-order chi connectivity index (χ0) is 2.71. The molecule has 19 valence electrons. The van der Waals surface area contributed by atoms with Crippen LogP contribution in [0.2, 0.25) is 0 Å². The van der Waals surface area contributed by atoms with Gasteiger partial charge in [0.25, 0.3) is 0 Å². The van der Waals surface area contributed by atoms with Crippen LogP contribution in [0.25, 0.3) is 0 Å². The van der Waals surface area contributed by atoms with Crippen molar-refractivity contribution in [2.45, 2.75) is 0 Å². The fraction of sp³-hybridized carbons (Fsp3) is 0. The van der Waals surface area contributed by atoms with Gasteiger partial charge in [0.15, 0.2) is 0 Å². The van der Waals surface area contributed by atoms with Gasteiger partial charge >= 0.3 is 0 Å². The molecular weight excluding hydrogens is 67.0 g/mol. The van der Waals surface area contributed by atoms with Gasteiger partial charge in [-0.3, -0.25) is 5.84 Å². The second kappa shape index (κ2) is 9.99. The van der Waals surface area contributed by atoms with Crippen LogP contribution in [-0.4, -0.2) is 29.6 Å². The van der Waals surface area contributed by atoms with Crippen molar-refractivity contribution < 1.29 is 0 Å². The molecule has 3 nitrogen and oxygen atoms in total. The summed E-state index contributed by atoms with van der Waals surface area (Å²) in [7, 11) is 0. The Morgan fingerprint density at radius 1 is 1.75 bits per heavy atom. The van der Waals surface area contributed by atoms with Gasteiger partial charge in [-0.25, -0.2) is 0 Å². The Morgan fingerprint density at radius 2 is 1.75 bits per heavy atom. The van der Waals surface area contributed by atoms with E-state index in [1.807, 2.05) is 0 Å². The minimum absolute atomic E-state index is 0. The number of nitrogens with zero attached hydrogens (tertiary/aromatic N) is 1. The van der Waals surface area contributed by atoms with E-state index in [4.69, 9.17) is 4.91 Å². The summed E-state index contributed by atoms with van der Waals surface area (Å²) >= 11 is 0. The normalized spacial score (nSPS) is 3.00. The zero-order valence-corrected chi connectivity index (χ0v) is 4.43. The zero-order valence-electron chi connectivity index (χ0n) is 2.43. The van der Waals surface area contributed by atoms with Crippen molar-refractivity contribution in [2.24, 2.45) is 11.1 Å². The Kier molecular flexibility index (Phi) is 22.1. The van der Waals surface area contributed by atoms with Crippen LogP contribution in [0, 0.1) is 4.91 Å². The third-order valence-electron chi connectivity index (χ3n) is 0. The third-order valence-corrected chi connectivity index (χ3v) is 0. The summed E-state index contributed by atoms with van der Waals surface area (Å²) < 4.78 is 0. The summed E-state index contributed by atoms with van der Waals surface area (Å²) in [5.74, 6) is 3.92. The molecule has 1 radical (unpaired) electrons. The van der Waals surface area contributed by atoms with Gasteiger partial charge in [0.05, 0.1) is 0 Å². The molecule has 0 atom stereocenters. The average molecular weight is 69.0 g/mol. The van der Waals surface area contributed by atoms with Crippen LogP contribution in [-0.2, 0) is 0 Å². The van der Waals surface area contributed by atoms with Gasteiger partial charge in [0.2, 0.25) is 0 Å². The fourth-order valence-corrected chi connectivity index (χ4v) is 0. The molecule has 0 spiro atoms. The van der Waals surface area contributed by atoms with E-state index in [9.17, 15) is 0 Å². The van der Waals surface area contributed by atoms with Crippen LogP contribution in [0.15, 0.2) is 5.29 Å². The summed E-state index contributed by atoms with van der Waals surface area (Å²) in [5.41, 5.74) is 0. The molecule has 0 aliphatic carbocycles. The van der Waals surface area contributed by atoms with E-state index in [1.165, 1.54) is 0 Å². The molecule has 4 heavy (non-hydrogen) atoms. The molecule has 0 bridgehead atoms. The molecule has 0 fully saturated rings. The molecular formula is H2N2NaO. The molecule has 4 heteroatoms. The second-order valence-electron chi connectivity index (χ2n) is 0.105. The van der Waals surface area contributed by atoms with Crippen molar-refractivity contribution in [3.63, 3.8) is 0 Å². The Hall–Kier alpha value is 0.400. The minimum Gasteiger partial charge on any atom is -0.287 e. The van der Waals surface area contributed by atoms with Crippen molar-refractivity contribution in [3.8, 4) is 0 Å². The molecule has 0 aromatic carbocycles. The van der Waals surface area contributed by atoms with Gasteiger partial charge < -0.3 is 0 Å². The van der Waals surface area contributed by atoms with Crippen LogP contribution in [0.1, 0.15) is 0 Å². The fourth-order valence-electron chi connectivity index (χ4n) is 0. The number of rotatable bonds is 0. The first kappa shape index (κ1) is 8.83. The van der Waals surface area contributed by atoms with Crippen molar-refractivity contribution >= 4 is 29.6 Å². The van der Waals surface area contributed by atoms with Gasteiger partial charge in [-0.1, -0.05) is 0 Å². The van der Waals surface area contributed by atoms with Crippen LogP contribution >= 0.6 is 0 Å². The average Bonchev–Trinajstić information content (AvgIpc) is 0.918. The molecule has 0 heterocycles. The maximum atomic E-state index is 8.33. The van der Waals surface area contributed by atoms with E-state index in [0.29, 0.717) is 0 Å². The standard InChI is InChI=1S/H2N2O.Na/c1-2-3;/h(H2,1,3);. The van der Waals surface area contributed by atoms with E-state index < -0.39 is 0 Å².